The number of hydrogen-bond donors (Lipinski definition) is 1. The van der Waals surface area contributed by atoms with E-state index in [1.807, 2.05) is 17.0 Å². The summed E-state index contributed by atoms with van der Waals surface area (Å²) in [6.45, 7) is 4.30. The molecular formula is C20H22ClN3O3. The highest BCUT2D eigenvalue weighted by Gasteiger charge is 2.23. The van der Waals surface area contributed by atoms with Gasteiger partial charge < -0.3 is 14.7 Å². The van der Waals surface area contributed by atoms with E-state index in [1.54, 1.807) is 18.3 Å². The van der Waals surface area contributed by atoms with Crippen molar-refractivity contribution in [3.63, 3.8) is 0 Å². The standard InChI is InChI=1S/C20H22ClN3O3/c21-16-3-4-17(22-12-16)14-10-15-13-23(6-7-24-5-1-2-19(24)26)8-9-27-20(15)18(25)11-14/h3-4,10-12,25H,1-2,5-9,13H2. The third kappa shape index (κ3) is 4.01. The van der Waals surface area contributed by atoms with E-state index >= 15 is 0 Å². The van der Waals surface area contributed by atoms with Gasteiger partial charge in [0.15, 0.2) is 11.5 Å². The maximum absolute atomic E-state index is 11.8. The predicted molar refractivity (Wildman–Crippen MR) is 103 cm³/mol. The molecule has 0 radical (unpaired) electrons. The smallest absolute Gasteiger partial charge is 0.222 e. The quantitative estimate of drug-likeness (QED) is 0.873. The number of carbonyl (C=O) groups excluding carboxylic acids is 1. The Morgan fingerprint density at radius 3 is 2.85 bits per heavy atom. The normalized spacial score (nSPS) is 17.5. The Labute approximate surface area is 163 Å². The summed E-state index contributed by atoms with van der Waals surface area (Å²) in [6, 6.07) is 7.29. The first-order valence-electron chi connectivity index (χ1n) is 9.21. The summed E-state index contributed by atoms with van der Waals surface area (Å²) in [5, 5.41) is 11.0. The van der Waals surface area contributed by atoms with Crippen LogP contribution < -0.4 is 4.74 Å². The van der Waals surface area contributed by atoms with E-state index in [0.717, 1.165) is 49.4 Å². The van der Waals surface area contributed by atoms with E-state index in [0.29, 0.717) is 30.3 Å². The molecule has 1 N–H and O–H groups in total. The Hall–Kier alpha value is -2.31. The minimum Gasteiger partial charge on any atom is -0.504 e. The summed E-state index contributed by atoms with van der Waals surface area (Å²) in [5.41, 5.74) is 2.49. The lowest BCUT2D eigenvalue weighted by molar-refractivity contribution is -0.127. The largest absolute Gasteiger partial charge is 0.504 e. The molecule has 0 saturated carbocycles. The lowest BCUT2D eigenvalue weighted by Crippen LogP contribution is -2.36. The number of aromatic nitrogens is 1. The summed E-state index contributed by atoms with van der Waals surface area (Å²) < 4.78 is 5.80. The summed E-state index contributed by atoms with van der Waals surface area (Å²) in [4.78, 5) is 20.3. The van der Waals surface area contributed by atoms with Crippen LogP contribution >= 0.6 is 11.6 Å². The number of benzene rings is 1. The second kappa shape index (κ2) is 7.74. The zero-order valence-electron chi connectivity index (χ0n) is 15.0. The zero-order chi connectivity index (χ0) is 18.8. The van der Waals surface area contributed by atoms with Gasteiger partial charge in [-0.05, 0) is 30.7 Å². The van der Waals surface area contributed by atoms with Crippen LogP contribution in [-0.2, 0) is 11.3 Å². The number of hydrogen-bond acceptors (Lipinski definition) is 5. The van der Waals surface area contributed by atoms with E-state index in [1.165, 1.54) is 0 Å². The fraction of sp³-hybridized carbons (Fsp3) is 0.400. The Kier molecular flexibility index (Phi) is 5.18. The van der Waals surface area contributed by atoms with E-state index in [-0.39, 0.29) is 11.7 Å². The van der Waals surface area contributed by atoms with Crippen molar-refractivity contribution in [1.29, 1.82) is 0 Å². The Balaban J connectivity index is 1.53. The first kappa shape index (κ1) is 18.1. The minimum atomic E-state index is 0.121. The Bertz CT molecular complexity index is 841. The van der Waals surface area contributed by atoms with Crippen LogP contribution in [0.15, 0.2) is 30.5 Å². The summed E-state index contributed by atoms with van der Waals surface area (Å²) >= 11 is 5.92. The minimum absolute atomic E-state index is 0.121. The summed E-state index contributed by atoms with van der Waals surface area (Å²) in [6.07, 6.45) is 3.21. The van der Waals surface area contributed by atoms with Crippen molar-refractivity contribution >= 4 is 17.5 Å². The van der Waals surface area contributed by atoms with Crippen LogP contribution in [0.3, 0.4) is 0 Å². The molecule has 4 rings (SSSR count). The molecule has 27 heavy (non-hydrogen) atoms. The molecule has 2 aliphatic heterocycles. The maximum atomic E-state index is 11.8. The number of ether oxygens (including phenoxy) is 1. The number of pyridine rings is 1. The highest BCUT2D eigenvalue weighted by Crippen LogP contribution is 2.37. The Morgan fingerprint density at radius 2 is 2.11 bits per heavy atom. The number of rotatable bonds is 4. The van der Waals surface area contributed by atoms with Gasteiger partial charge in [-0.2, -0.15) is 0 Å². The average molecular weight is 388 g/mol. The van der Waals surface area contributed by atoms with Gasteiger partial charge in [0.25, 0.3) is 0 Å². The molecule has 142 valence electrons. The zero-order valence-corrected chi connectivity index (χ0v) is 15.8. The maximum Gasteiger partial charge on any atom is 0.222 e. The topological polar surface area (TPSA) is 65.9 Å². The molecule has 1 aromatic heterocycles. The number of nitrogens with zero attached hydrogens (tertiary/aromatic N) is 3. The second-order valence-electron chi connectivity index (χ2n) is 6.95. The van der Waals surface area contributed by atoms with E-state index < -0.39 is 0 Å². The van der Waals surface area contributed by atoms with Crippen LogP contribution in [0.2, 0.25) is 5.02 Å². The lowest BCUT2D eigenvalue weighted by atomic mass is 10.0. The van der Waals surface area contributed by atoms with Crippen molar-refractivity contribution in [2.75, 3.05) is 32.8 Å². The SMILES string of the molecule is O=C1CCCN1CCN1CCOc2c(O)cc(-c3ccc(Cl)cn3)cc2C1. The molecule has 0 bridgehead atoms. The van der Waals surface area contributed by atoms with Crippen molar-refractivity contribution in [2.24, 2.45) is 0 Å². The number of phenols is 1. The van der Waals surface area contributed by atoms with E-state index in [9.17, 15) is 9.90 Å². The third-order valence-electron chi connectivity index (χ3n) is 5.07. The first-order valence-corrected chi connectivity index (χ1v) is 9.59. The van der Waals surface area contributed by atoms with Crippen molar-refractivity contribution in [1.82, 2.24) is 14.8 Å². The third-order valence-corrected chi connectivity index (χ3v) is 5.30. The summed E-state index contributed by atoms with van der Waals surface area (Å²) in [5.74, 6) is 0.901. The molecule has 1 saturated heterocycles. The highest BCUT2D eigenvalue weighted by atomic mass is 35.5. The van der Waals surface area contributed by atoms with Gasteiger partial charge in [-0.1, -0.05) is 11.6 Å². The number of halogens is 1. The lowest BCUT2D eigenvalue weighted by Gasteiger charge is -2.23. The number of aromatic hydroxyl groups is 1. The van der Waals surface area contributed by atoms with Crippen molar-refractivity contribution in [3.8, 4) is 22.8 Å². The van der Waals surface area contributed by atoms with Crippen molar-refractivity contribution in [2.45, 2.75) is 19.4 Å². The molecule has 0 atom stereocenters. The van der Waals surface area contributed by atoms with E-state index in [2.05, 4.69) is 9.88 Å². The monoisotopic (exact) mass is 387 g/mol. The van der Waals surface area contributed by atoms with Crippen LogP contribution in [0.25, 0.3) is 11.3 Å². The molecular weight excluding hydrogens is 366 g/mol. The number of fused-ring (bicyclic) bond motifs is 1. The van der Waals surface area contributed by atoms with Crippen LogP contribution in [0, 0.1) is 0 Å². The molecule has 2 aromatic rings. The number of likely N-dealkylation sites (tertiary alicyclic amines) is 1. The number of amides is 1. The van der Waals surface area contributed by atoms with Crippen molar-refractivity contribution in [3.05, 3.63) is 41.0 Å². The van der Waals surface area contributed by atoms with Crippen LogP contribution in [0.4, 0.5) is 0 Å². The summed E-state index contributed by atoms with van der Waals surface area (Å²) in [7, 11) is 0. The molecule has 1 aromatic carbocycles. The van der Waals surface area contributed by atoms with Gasteiger partial charge >= 0.3 is 0 Å². The average Bonchev–Trinajstić information content (AvgIpc) is 2.94. The van der Waals surface area contributed by atoms with Gasteiger partial charge in [-0.15, -0.1) is 0 Å². The van der Waals surface area contributed by atoms with E-state index in [4.69, 9.17) is 16.3 Å². The van der Waals surface area contributed by atoms with Crippen molar-refractivity contribution < 1.29 is 14.6 Å². The number of phenolic OH excluding ortho intramolecular Hbond substituents is 1. The van der Waals surface area contributed by atoms with Gasteiger partial charge in [0.2, 0.25) is 5.91 Å². The second-order valence-corrected chi connectivity index (χ2v) is 7.39. The highest BCUT2D eigenvalue weighted by molar-refractivity contribution is 6.30. The molecule has 1 amide bonds. The first-order chi connectivity index (χ1) is 13.1. The molecule has 0 aliphatic carbocycles. The molecule has 3 heterocycles. The van der Waals surface area contributed by atoms with Gasteiger partial charge in [0, 0.05) is 56.5 Å². The molecule has 0 spiro atoms. The predicted octanol–water partition coefficient (Wildman–Crippen LogP) is 2.92. The van der Waals surface area contributed by atoms with Crippen LogP contribution in [0.5, 0.6) is 11.5 Å². The molecule has 2 aliphatic rings. The molecule has 6 nitrogen and oxygen atoms in total. The van der Waals surface area contributed by atoms with Gasteiger partial charge in [0.05, 0.1) is 10.7 Å². The van der Waals surface area contributed by atoms with Crippen LogP contribution in [0.1, 0.15) is 18.4 Å². The Morgan fingerprint density at radius 1 is 1.22 bits per heavy atom. The molecule has 1 fully saturated rings. The van der Waals surface area contributed by atoms with Crippen LogP contribution in [-0.4, -0.2) is 58.6 Å². The van der Waals surface area contributed by atoms with Gasteiger partial charge in [0.1, 0.15) is 6.61 Å². The fourth-order valence-corrected chi connectivity index (χ4v) is 3.75. The fourth-order valence-electron chi connectivity index (χ4n) is 3.64. The van der Waals surface area contributed by atoms with Gasteiger partial charge in [-0.3, -0.25) is 14.7 Å². The van der Waals surface area contributed by atoms with Gasteiger partial charge in [-0.25, -0.2) is 0 Å². The number of carbonyl (C=O) groups is 1. The molecule has 7 heteroatoms. The molecule has 0 unspecified atom stereocenters.